The molecule has 0 saturated heterocycles. The average Bonchev–Trinajstić information content (AvgIpc) is 3.40. The van der Waals surface area contributed by atoms with Gasteiger partial charge >= 0.3 is 0 Å². The first kappa shape index (κ1) is 16.5. The zero-order valence-corrected chi connectivity index (χ0v) is 16.2. The van der Waals surface area contributed by atoms with Crippen LogP contribution in [0.25, 0.3) is 0 Å². The van der Waals surface area contributed by atoms with Crippen LogP contribution in [-0.2, 0) is 0 Å². The molecule has 0 radical (unpaired) electrons. The average molecular weight is 372 g/mol. The summed E-state index contributed by atoms with van der Waals surface area (Å²) in [5, 5.41) is 0. The van der Waals surface area contributed by atoms with Crippen LogP contribution < -0.4 is 0 Å². The first-order valence-corrected chi connectivity index (χ1v) is 9.01. The minimum Gasteiger partial charge on any atom is -0.230 e. The van der Waals surface area contributed by atoms with Crippen molar-refractivity contribution in [2.24, 2.45) is 20.0 Å². The van der Waals surface area contributed by atoms with Crippen molar-refractivity contribution in [1.29, 1.82) is 0 Å². The van der Waals surface area contributed by atoms with Crippen molar-refractivity contribution in [3.8, 4) is 0 Å². The van der Waals surface area contributed by atoms with Gasteiger partial charge in [-0.05, 0) is 0 Å². The van der Waals surface area contributed by atoms with Crippen molar-refractivity contribution in [3.63, 3.8) is 0 Å². The lowest BCUT2D eigenvalue weighted by atomic mass is 10.4. The normalized spacial score (nSPS) is 22.7. The third-order valence-corrected chi connectivity index (χ3v) is 5.19. The Morgan fingerprint density at radius 1 is 0.393 bits per heavy atom. The summed E-state index contributed by atoms with van der Waals surface area (Å²) in [4.78, 5) is 19.2. The van der Waals surface area contributed by atoms with Gasteiger partial charge in [0.2, 0.25) is 0 Å². The van der Waals surface area contributed by atoms with Gasteiger partial charge in [-0.25, -0.2) is 18.3 Å². The number of fused-ring (bicyclic) bond motifs is 4. The third-order valence-electron chi connectivity index (χ3n) is 5.19. The molecule has 5 aliphatic heterocycles. The smallest absolute Gasteiger partial charge is 0.230 e. The fourth-order valence-corrected chi connectivity index (χ4v) is 3.33. The van der Waals surface area contributed by atoms with E-state index in [2.05, 4.69) is 0 Å². The van der Waals surface area contributed by atoms with E-state index >= 15 is 0 Å². The van der Waals surface area contributed by atoms with E-state index in [0.717, 1.165) is 46.7 Å². The van der Waals surface area contributed by atoms with Gasteiger partial charge in [-0.2, -0.15) is 0 Å². The minimum atomic E-state index is 0.832. The molecule has 0 aliphatic carbocycles. The van der Waals surface area contributed by atoms with Crippen LogP contribution in [-0.4, -0.2) is 93.2 Å². The highest BCUT2D eigenvalue weighted by atomic mass is 15.2. The molecule has 0 saturated carbocycles. The Bertz CT molecular complexity index is 1020. The number of hydrogen-bond donors (Lipinski definition) is 0. The molecule has 0 aromatic heterocycles. The van der Waals surface area contributed by atoms with Crippen molar-refractivity contribution < 1.29 is 18.3 Å². The van der Waals surface area contributed by atoms with Gasteiger partial charge in [0, 0.05) is 48.6 Å². The van der Waals surface area contributed by atoms with Gasteiger partial charge in [0.05, 0.1) is 28.2 Å². The predicted octanol–water partition coefficient (Wildman–Crippen LogP) is 0.0364. The van der Waals surface area contributed by atoms with E-state index in [4.69, 9.17) is 20.0 Å². The number of rotatable bonds is 0. The maximum Gasteiger partial charge on any atom is 0.267 e. The summed E-state index contributed by atoms with van der Waals surface area (Å²) in [6.07, 6.45) is 15.8. The highest BCUT2D eigenvalue weighted by Crippen LogP contribution is 2.09. The summed E-state index contributed by atoms with van der Waals surface area (Å²) >= 11 is 0. The highest BCUT2D eigenvalue weighted by Gasteiger charge is 2.28. The molecule has 5 aliphatic rings. The summed E-state index contributed by atoms with van der Waals surface area (Å²) in [5.74, 6) is 6.66. The van der Waals surface area contributed by atoms with Crippen LogP contribution in [0, 0.1) is 0 Å². The summed E-state index contributed by atoms with van der Waals surface area (Å²) in [6, 6.07) is 0. The van der Waals surface area contributed by atoms with Crippen LogP contribution in [0.5, 0.6) is 0 Å². The lowest BCUT2D eigenvalue weighted by molar-refractivity contribution is -0.378. The van der Waals surface area contributed by atoms with E-state index in [1.807, 2.05) is 95.1 Å². The SMILES string of the molecule is C[N+]1=C2C=CC1=NC1=[N+](C)C(=NC3=[N+](C)C(=NC4=[N+](C)C(=N2)C=C4)C=C3)C=C1. The topological polar surface area (TPSA) is 61.5 Å². The Balaban J connectivity index is 1.76. The summed E-state index contributed by atoms with van der Waals surface area (Å²) in [5.41, 5.74) is 0. The Hall–Kier alpha value is -3.68. The van der Waals surface area contributed by atoms with Crippen molar-refractivity contribution in [2.75, 3.05) is 28.2 Å². The maximum absolute atomic E-state index is 4.79. The molecule has 0 atom stereocenters. The second-order valence-electron chi connectivity index (χ2n) is 6.88. The molecule has 8 bridgehead atoms. The molecular formula is C20H20N8+4. The monoisotopic (exact) mass is 372 g/mol. The Kier molecular flexibility index (Phi) is 3.48. The fraction of sp³-hybridized carbons (Fsp3) is 0.200. The van der Waals surface area contributed by atoms with Crippen LogP contribution in [0.4, 0.5) is 0 Å². The Labute approximate surface area is 162 Å². The van der Waals surface area contributed by atoms with Gasteiger partial charge in [0.15, 0.2) is 0 Å². The van der Waals surface area contributed by atoms with Crippen LogP contribution in [0.2, 0.25) is 0 Å². The molecule has 5 heterocycles. The summed E-state index contributed by atoms with van der Waals surface area (Å²) < 4.78 is 7.90. The highest BCUT2D eigenvalue weighted by molar-refractivity contribution is 6.19. The Morgan fingerprint density at radius 2 is 0.607 bits per heavy atom. The van der Waals surface area contributed by atoms with E-state index in [9.17, 15) is 0 Å². The molecule has 0 amide bonds. The first-order valence-electron chi connectivity index (χ1n) is 9.01. The lowest BCUT2D eigenvalue weighted by Crippen LogP contribution is -2.24. The maximum atomic E-state index is 4.79. The quantitative estimate of drug-likeness (QED) is 0.539. The van der Waals surface area contributed by atoms with Crippen LogP contribution in [0.15, 0.2) is 68.6 Å². The minimum absolute atomic E-state index is 0.832. The third kappa shape index (κ3) is 2.45. The molecule has 8 heteroatoms. The van der Waals surface area contributed by atoms with Gasteiger partial charge in [-0.15, -0.1) is 0 Å². The second-order valence-corrected chi connectivity index (χ2v) is 6.88. The van der Waals surface area contributed by atoms with E-state index in [-0.39, 0.29) is 0 Å². The van der Waals surface area contributed by atoms with E-state index in [1.165, 1.54) is 0 Å². The molecule has 0 aromatic rings. The van der Waals surface area contributed by atoms with Crippen molar-refractivity contribution in [2.45, 2.75) is 0 Å². The number of aliphatic imine (C=N–C) groups is 4. The number of likely N-dealkylation sites (N-methyl/N-ethyl adjacent to an activating group) is 4. The van der Waals surface area contributed by atoms with E-state index in [1.54, 1.807) is 0 Å². The number of hydrogen-bond acceptors (Lipinski definition) is 4. The molecule has 8 nitrogen and oxygen atoms in total. The van der Waals surface area contributed by atoms with Crippen LogP contribution in [0.3, 0.4) is 0 Å². The largest absolute Gasteiger partial charge is 0.267 e. The summed E-state index contributed by atoms with van der Waals surface area (Å²) in [6.45, 7) is 0. The number of nitrogens with zero attached hydrogens (tertiary/aromatic N) is 8. The molecule has 28 heavy (non-hydrogen) atoms. The second kappa shape index (κ2) is 5.91. The van der Waals surface area contributed by atoms with Gasteiger partial charge < -0.3 is 0 Å². The van der Waals surface area contributed by atoms with E-state index < -0.39 is 0 Å². The van der Waals surface area contributed by atoms with Gasteiger partial charge in [0.1, 0.15) is 0 Å². The zero-order valence-electron chi connectivity index (χ0n) is 16.2. The summed E-state index contributed by atoms with van der Waals surface area (Å²) in [7, 11) is 7.87. The van der Waals surface area contributed by atoms with Crippen molar-refractivity contribution in [3.05, 3.63) is 48.6 Å². The molecular weight excluding hydrogens is 352 g/mol. The first-order chi connectivity index (χ1) is 13.5. The molecule has 136 valence electrons. The zero-order chi connectivity index (χ0) is 19.4. The van der Waals surface area contributed by atoms with Gasteiger partial charge in [-0.3, -0.25) is 0 Å². The molecule has 0 N–H and O–H groups in total. The standard InChI is InChI=1S/C20H20N8/c1-25-13-5-6-14(25)22-16-8-10-18(27(16)3)24-20-12-11-19(28(20)4)23-17-9-7-15(21-13)26(17)2/h5-12H,1-4H3/q+4. The molecule has 0 fully saturated rings. The van der Waals surface area contributed by atoms with Crippen molar-refractivity contribution >= 4 is 46.7 Å². The van der Waals surface area contributed by atoms with Gasteiger partial charge in [0.25, 0.3) is 46.7 Å². The lowest BCUT2D eigenvalue weighted by Gasteiger charge is -2.00. The van der Waals surface area contributed by atoms with Crippen LogP contribution >= 0.6 is 0 Å². The molecule has 0 unspecified atom stereocenters. The van der Waals surface area contributed by atoms with E-state index in [0.29, 0.717) is 0 Å². The van der Waals surface area contributed by atoms with Gasteiger partial charge in [-0.1, -0.05) is 20.0 Å². The Morgan fingerprint density at radius 3 is 0.821 bits per heavy atom. The van der Waals surface area contributed by atoms with Crippen molar-refractivity contribution in [1.82, 2.24) is 0 Å². The molecule has 0 spiro atoms. The van der Waals surface area contributed by atoms with Crippen LogP contribution in [0.1, 0.15) is 0 Å². The fourth-order valence-electron chi connectivity index (χ4n) is 3.33. The molecule has 0 aromatic carbocycles. The molecule has 5 rings (SSSR count). The number of amidine groups is 8. The predicted molar refractivity (Wildman–Crippen MR) is 111 cm³/mol.